The monoisotopic (exact) mass is 320 g/mol. The minimum Gasteiger partial charge on any atom is -0.481 e. The Labute approximate surface area is 132 Å². The fourth-order valence-electron chi connectivity index (χ4n) is 2.25. The molecule has 8 heteroatoms. The van der Waals surface area contributed by atoms with Crippen molar-refractivity contribution in [2.45, 2.75) is 38.6 Å². The molecule has 2 N–H and O–H groups in total. The van der Waals surface area contributed by atoms with E-state index in [1.807, 2.05) is 0 Å². The number of amides is 1. The van der Waals surface area contributed by atoms with Crippen LogP contribution in [0.1, 0.15) is 32.1 Å². The summed E-state index contributed by atoms with van der Waals surface area (Å²) in [4.78, 5) is 34.2. The summed E-state index contributed by atoms with van der Waals surface area (Å²) in [5.41, 5.74) is 0.160. The molecule has 124 valence electrons. The van der Waals surface area contributed by atoms with E-state index in [9.17, 15) is 14.4 Å². The van der Waals surface area contributed by atoms with Crippen molar-refractivity contribution in [3.8, 4) is 0 Å². The van der Waals surface area contributed by atoms with Crippen molar-refractivity contribution >= 4 is 17.5 Å². The van der Waals surface area contributed by atoms with Crippen molar-refractivity contribution in [3.05, 3.63) is 34.9 Å². The minimum atomic E-state index is -0.781. The molecule has 1 amide bonds. The number of pyridine rings is 1. The van der Waals surface area contributed by atoms with E-state index in [4.69, 9.17) is 5.11 Å². The van der Waals surface area contributed by atoms with Crippen molar-refractivity contribution in [3.63, 3.8) is 0 Å². The predicted molar refractivity (Wildman–Crippen MR) is 83.2 cm³/mol. The zero-order valence-electron chi connectivity index (χ0n) is 12.8. The zero-order chi connectivity index (χ0) is 16.7. The van der Waals surface area contributed by atoms with Crippen molar-refractivity contribution in [2.24, 2.45) is 0 Å². The minimum absolute atomic E-state index is 0.112. The molecule has 0 radical (unpaired) electrons. The van der Waals surface area contributed by atoms with Gasteiger partial charge in [-0.1, -0.05) is 18.9 Å². The maximum atomic E-state index is 12.0. The highest BCUT2D eigenvalue weighted by Crippen LogP contribution is 2.02. The fourth-order valence-corrected chi connectivity index (χ4v) is 2.25. The van der Waals surface area contributed by atoms with Gasteiger partial charge >= 0.3 is 11.7 Å². The second-order valence-corrected chi connectivity index (χ2v) is 5.28. The fraction of sp³-hybridized carbons (Fsp3) is 0.467. The van der Waals surface area contributed by atoms with Crippen molar-refractivity contribution in [1.29, 1.82) is 0 Å². The summed E-state index contributed by atoms with van der Waals surface area (Å²) >= 11 is 0. The van der Waals surface area contributed by atoms with Crippen LogP contribution in [0.2, 0.25) is 0 Å². The lowest BCUT2D eigenvalue weighted by molar-refractivity contribution is -0.137. The van der Waals surface area contributed by atoms with Crippen LogP contribution in [0.4, 0.5) is 0 Å². The second kappa shape index (κ2) is 8.11. The van der Waals surface area contributed by atoms with Crippen molar-refractivity contribution in [2.75, 3.05) is 6.54 Å². The van der Waals surface area contributed by atoms with Gasteiger partial charge in [-0.3, -0.25) is 14.0 Å². The highest BCUT2D eigenvalue weighted by Gasteiger charge is 2.09. The molecule has 0 spiro atoms. The highest BCUT2D eigenvalue weighted by atomic mass is 16.4. The number of nitrogens with one attached hydrogen (secondary N) is 1. The van der Waals surface area contributed by atoms with E-state index in [0.29, 0.717) is 18.6 Å². The molecule has 0 aliphatic carbocycles. The molecule has 0 saturated heterocycles. The molecular weight excluding hydrogens is 300 g/mol. The third-order valence-corrected chi connectivity index (χ3v) is 3.42. The Morgan fingerprint density at radius 1 is 1.17 bits per heavy atom. The maximum absolute atomic E-state index is 12.0. The van der Waals surface area contributed by atoms with Gasteiger partial charge in [0.1, 0.15) is 6.54 Å². The number of fused-ring (bicyclic) bond motifs is 1. The number of aliphatic carboxylic acids is 1. The average Bonchev–Trinajstić information content (AvgIpc) is 2.83. The number of carboxylic acid groups (broad SMARTS) is 1. The lowest BCUT2D eigenvalue weighted by Gasteiger charge is -2.04. The number of nitrogens with zero attached hydrogens (tertiary/aromatic N) is 3. The van der Waals surface area contributed by atoms with Crippen LogP contribution >= 0.6 is 0 Å². The Morgan fingerprint density at radius 3 is 2.70 bits per heavy atom. The first kappa shape index (κ1) is 16.7. The molecule has 2 rings (SSSR count). The van der Waals surface area contributed by atoms with Gasteiger partial charge in [0, 0.05) is 19.2 Å². The molecule has 0 bridgehead atoms. The number of hydrogen-bond acceptors (Lipinski definition) is 4. The van der Waals surface area contributed by atoms with Crippen LogP contribution in [0.3, 0.4) is 0 Å². The molecule has 2 aromatic heterocycles. The van der Waals surface area contributed by atoms with Crippen LogP contribution in [0.5, 0.6) is 0 Å². The number of carboxylic acids is 1. The van der Waals surface area contributed by atoms with Gasteiger partial charge in [0.2, 0.25) is 5.91 Å². The van der Waals surface area contributed by atoms with E-state index in [-0.39, 0.29) is 24.6 Å². The number of rotatable bonds is 9. The van der Waals surface area contributed by atoms with E-state index >= 15 is 0 Å². The van der Waals surface area contributed by atoms with Gasteiger partial charge in [-0.2, -0.15) is 0 Å². The van der Waals surface area contributed by atoms with Gasteiger partial charge in [0.05, 0.1) is 0 Å². The topological polar surface area (TPSA) is 106 Å². The number of carbonyl (C=O) groups is 2. The molecule has 2 heterocycles. The molecule has 8 nitrogen and oxygen atoms in total. The SMILES string of the molecule is O=C(O)CCCCCCNC(=O)Cn1nc2ccccn2c1=O. The summed E-state index contributed by atoms with van der Waals surface area (Å²) in [7, 11) is 0. The molecular formula is C15H20N4O4. The van der Waals surface area contributed by atoms with Crippen LogP contribution in [-0.2, 0) is 16.1 Å². The molecule has 0 aliphatic rings. The first-order valence-electron chi connectivity index (χ1n) is 7.60. The van der Waals surface area contributed by atoms with E-state index in [1.165, 1.54) is 4.40 Å². The van der Waals surface area contributed by atoms with Crippen molar-refractivity contribution < 1.29 is 14.7 Å². The molecule has 0 atom stereocenters. The summed E-state index contributed by atoms with van der Waals surface area (Å²) in [6.07, 6.45) is 4.92. The summed E-state index contributed by atoms with van der Waals surface area (Å²) in [6, 6.07) is 5.20. The molecule has 0 saturated carbocycles. The second-order valence-electron chi connectivity index (χ2n) is 5.28. The lowest BCUT2D eigenvalue weighted by Crippen LogP contribution is -2.33. The van der Waals surface area contributed by atoms with Gasteiger partial charge in [0.15, 0.2) is 5.65 Å². The standard InChI is InChI=1S/C15H20N4O4/c20-13(16-9-5-2-1-3-8-14(21)22)11-19-15(23)18-10-6-4-7-12(18)17-19/h4,6-7,10H,1-3,5,8-9,11H2,(H,16,20)(H,21,22). The Bertz CT molecular complexity index is 734. The quantitative estimate of drug-likeness (QED) is 0.660. The summed E-state index contributed by atoms with van der Waals surface area (Å²) in [5, 5.41) is 15.3. The van der Waals surface area contributed by atoms with Gasteiger partial charge in [-0.15, -0.1) is 5.10 Å². The third kappa shape index (κ3) is 4.94. The number of carbonyl (C=O) groups excluding carboxylic acids is 1. The van der Waals surface area contributed by atoms with Crippen LogP contribution < -0.4 is 11.0 Å². The molecule has 2 aromatic rings. The largest absolute Gasteiger partial charge is 0.481 e. The van der Waals surface area contributed by atoms with Crippen LogP contribution in [0, 0.1) is 0 Å². The molecule has 0 fully saturated rings. The Morgan fingerprint density at radius 2 is 1.96 bits per heavy atom. The molecule has 0 aromatic carbocycles. The summed E-state index contributed by atoms with van der Waals surface area (Å²) < 4.78 is 2.52. The number of hydrogen-bond donors (Lipinski definition) is 2. The smallest absolute Gasteiger partial charge is 0.350 e. The van der Waals surface area contributed by atoms with E-state index < -0.39 is 5.97 Å². The van der Waals surface area contributed by atoms with Gasteiger partial charge in [-0.05, 0) is 25.0 Å². The van der Waals surface area contributed by atoms with E-state index in [1.54, 1.807) is 24.4 Å². The maximum Gasteiger partial charge on any atom is 0.350 e. The number of unbranched alkanes of at least 4 members (excludes halogenated alkanes) is 3. The molecule has 0 unspecified atom stereocenters. The van der Waals surface area contributed by atoms with Crippen LogP contribution in [-0.4, -0.2) is 37.7 Å². The van der Waals surface area contributed by atoms with Crippen LogP contribution in [0.15, 0.2) is 29.2 Å². The Balaban J connectivity index is 1.71. The van der Waals surface area contributed by atoms with E-state index in [2.05, 4.69) is 10.4 Å². The first-order valence-corrected chi connectivity index (χ1v) is 7.60. The molecule has 0 aliphatic heterocycles. The van der Waals surface area contributed by atoms with Gasteiger partial charge in [0.25, 0.3) is 0 Å². The van der Waals surface area contributed by atoms with Crippen LogP contribution in [0.25, 0.3) is 5.65 Å². The Kier molecular flexibility index (Phi) is 5.90. The van der Waals surface area contributed by atoms with Crippen molar-refractivity contribution in [1.82, 2.24) is 19.5 Å². The Hall–Kier alpha value is -2.64. The number of aromatic nitrogens is 3. The average molecular weight is 320 g/mol. The normalized spacial score (nSPS) is 10.8. The zero-order valence-corrected chi connectivity index (χ0v) is 12.8. The van der Waals surface area contributed by atoms with E-state index in [0.717, 1.165) is 23.9 Å². The predicted octanol–water partition coefficient (Wildman–Crippen LogP) is 0.647. The summed E-state index contributed by atoms with van der Waals surface area (Å²) in [6.45, 7) is 0.396. The summed E-state index contributed by atoms with van der Waals surface area (Å²) in [5.74, 6) is -1.04. The van der Waals surface area contributed by atoms with Gasteiger partial charge in [-0.25, -0.2) is 9.48 Å². The lowest BCUT2D eigenvalue weighted by atomic mass is 10.1. The molecule has 23 heavy (non-hydrogen) atoms. The highest BCUT2D eigenvalue weighted by molar-refractivity contribution is 5.75. The third-order valence-electron chi connectivity index (χ3n) is 3.42. The van der Waals surface area contributed by atoms with Gasteiger partial charge < -0.3 is 10.4 Å². The first-order chi connectivity index (χ1) is 11.1.